The Balaban J connectivity index is 2.59. The molecule has 17 heavy (non-hydrogen) atoms. The van der Waals surface area contributed by atoms with E-state index < -0.39 is 11.9 Å². The number of carbonyl (C=O) groups is 2. The average Bonchev–Trinajstić information content (AvgIpc) is 2.26. The van der Waals surface area contributed by atoms with Gasteiger partial charge >= 0.3 is 11.9 Å². The first-order valence-corrected chi connectivity index (χ1v) is 5.19. The number of carbonyl (C=O) groups excluding carboxylic acids is 1. The van der Waals surface area contributed by atoms with Crippen LogP contribution in [0.1, 0.15) is 12.8 Å². The van der Waals surface area contributed by atoms with Crippen molar-refractivity contribution in [2.75, 3.05) is 19.0 Å². The first kappa shape index (κ1) is 13.0. The zero-order valence-electron chi connectivity index (χ0n) is 9.84. The van der Waals surface area contributed by atoms with Crippen LogP contribution in [0.4, 0.5) is 5.69 Å². The molecule has 1 rings (SSSR count). The van der Waals surface area contributed by atoms with Crippen LogP contribution in [0, 0.1) is 0 Å². The molecule has 0 bridgehead atoms. The highest BCUT2D eigenvalue weighted by molar-refractivity contribution is 5.78. The Kier molecular flexibility index (Phi) is 4.51. The van der Waals surface area contributed by atoms with Crippen molar-refractivity contribution in [2.45, 2.75) is 12.8 Å². The SMILES string of the molecule is CN(C)c1cccc(OC(=O)CCC(=O)O)c1. The van der Waals surface area contributed by atoms with Gasteiger partial charge in [-0.05, 0) is 12.1 Å². The highest BCUT2D eigenvalue weighted by Crippen LogP contribution is 2.19. The molecule has 92 valence electrons. The molecule has 0 atom stereocenters. The van der Waals surface area contributed by atoms with Crippen molar-refractivity contribution >= 4 is 17.6 Å². The Morgan fingerprint density at radius 3 is 2.59 bits per heavy atom. The number of esters is 1. The molecule has 0 spiro atoms. The van der Waals surface area contributed by atoms with Gasteiger partial charge in [0.05, 0.1) is 12.8 Å². The second-order valence-electron chi connectivity index (χ2n) is 3.76. The molecule has 1 aromatic carbocycles. The summed E-state index contributed by atoms with van der Waals surface area (Å²) in [4.78, 5) is 23.5. The Hall–Kier alpha value is -2.04. The maximum Gasteiger partial charge on any atom is 0.311 e. The van der Waals surface area contributed by atoms with E-state index >= 15 is 0 Å². The lowest BCUT2D eigenvalue weighted by atomic mass is 10.3. The Morgan fingerprint density at radius 1 is 1.29 bits per heavy atom. The summed E-state index contributed by atoms with van der Waals surface area (Å²) in [5, 5.41) is 8.43. The van der Waals surface area contributed by atoms with E-state index in [4.69, 9.17) is 9.84 Å². The average molecular weight is 237 g/mol. The zero-order valence-corrected chi connectivity index (χ0v) is 9.84. The molecule has 5 heteroatoms. The fourth-order valence-corrected chi connectivity index (χ4v) is 1.22. The summed E-state index contributed by atoms with van der Waals surface area (Å²) >= 11 is 0. The van der Waals surface area contributed by atoms with E-state index in [9.17, 15) is 9.59 Å². The fraction of sp³-hybridized carbons (Fsp3) is 0.333. The van der Waals surface area contributed by atoms with Crippen LogP contribution in [-0.2, 0) is 9.59 Å². The van der Waals surface area contributed by atoms with E-state index in [1.165, 1.54) is 0 Å². The van der Waals surface area contributed by atoms with Gasteiger partial charge in [-0.25, -0.2) is 0 Å². The van der Waals surface area contributed by atoms with Gasteiger partial charge in [0.25, 0.3) is 0 Å². The predicted octanol–water partition coefficient (Wildman–Crippen LogP) is 1.52. The van der Waals surface area contributed by atoms with Crippen molar-refractivity contribution in [3.63, 3.8) is 0 Å². The van der Waals surface area contributed by atoms with Gasteiger partial charge in [0.15, 0.2) is 0 Å². The zero-order chi connectivity index (χ0) is 12.8. The lowest BCUT2D eigenvalue weighted by Crippen LogP contribution is -2.11. The topological polar surface area (TPSA) is 66.8 Å². The van der Waals surface area contributed by atoms with Gasteiger partial charge < -0.3 is 14.7 Å². The van der Waals surface area contributed by atoms with Crippen LogP contribution in [0.3, 0.4) is 0 Å². The number of carboxylic acids is 1. The highest BCUT2D eigenvalue weighted by atomic mass is 16.5. The number of hydrogen-bond acceptors (Lipinski definition) is 4. The van der Waals surface area contributed by atoms with Crippen molar-refractivity contribution in [2.24, 2.45) is 0 Å². The first-order chi connectivity index (χ1) is 7.99. The standard InChI is InChI=1S/C12H15NO4/c1-13(2)9-4-3-5-10(8-9)17-12(16)7-6-11(14)15/h3-5,8H,6-7H2,1-2H3,(H,14,15). The molecule has 0 saturated heterocycles. The molecule has 1 aromatic rings. The van der Waals surface area contributed by atoms with E-state index in [0.717, 1.165) is 5.69 Å². The summed E-state index contributed by atoms with van der Waals surface area (Å²) in [6, 6.07) is 7.04. The van der Waals surface area contributed by atoms with Crippen molar-refractivity contribution in [3.8, 4) is 5.75 Å². The minimum absolute atomic E-state index is 0.123. The third kappa shape index (κ3) is 4.55. The summed E-state index contributed by atoms with van der Waals surface area (Å²) in [6.45, 7) is 0. The van der Waals surface area contributed by atoms with Crippen LogP contribution in [0.5, 0.6) is 5.75 Å². The normalized spacial score (nSPS) is 9.76. The third-order valence-electron chi connectivity index (χ3n) is 2.11. The first-order valence-electron chi connectivity index (χ1n) is 5.19. The van der Waals surface area contributed by atoms with Gasteiger partial charge in [-0.2, -0.15) is 0 Å². The summed E-state index contributed by atoms with van der Waals surface area (Å²) in [5.41, 5.74) is 0.911. The van der Waals surface area contributed by atoms with Crippen LogP contribution >= 0.6 is 0 Å². The maximum absolute atomic E-state index is 11.3. The molecule has 0 aliphatic heterocycles. The van der Waals surface area contributed by atoms with Gasteiger partial charge in [-0.3, -0.25) is 9.59 Å². The Bertz CT molecular complexity index is 415. The quantitative estimate of drug-likeness (QED) is 0.621. The molecule has 0 unspecified atom stereocenters. The van der Waals surface area contributed by atoms with Gasteiger partial charge in [0.1, 0.15) is 5.75 Å². The van der Waals surface area contributed by atoms with Gasteiger partial charge in [-0.15, -0.1) is 0 Å². The molecule has 0 aliphatic rings. The fourth-order valence-electron chi connectivity index (χ4n) is 1.22. The number of hydrogen-bond donors (Lipinski definition) is 1. The molecule has 0 radical (unpaired) electrons. The molecule has 0 fully saturated rings. The van der Waals surface area contributed by atoms with Crippen LogP contribution in [0.25, 0.3) is 0 Å². The van der Waals surface area contributed by atoms with Crippen LogP contribution in [0.2, 0.25) is 0 Å². The molecule has 0 saturated carbocycles. The number of aliphatic carboxylic acids is 1. The monoisotopic (exact) mass is 237 g/mol. The summed E-state index contributed by atoms with van der Waals surface area (Å²) in [6.07, 6.45) is -0.340. The molecule has 0 heterocycles. The maximum atomic E-state index is 11.3. The number of ether oxygens (including phenoxy) is 1. The van der Waals surface area contributed by atoms with E-state index in [1.807, 2.05) is 25.1 Å². The number of carboxylic acid groups (broad SMARTS) is 1. The van der Waals surface area contributed by atoms with Crippen LogP contribution in [-0.4, -0.2) is 31.1 Å². The van der Waals surface area contributed by atoms with Crippen molar-refractivity contribution < 1.29 is 19.4 Å². The lowest BCUT2D eigenvalue weighted by molar-refractivity contribution is -0.142. The van der Waals surface area contributed by atoms with Gasteiger partial charge in [0, 0.05) is 25.8 Å². The summed E-state index contributed by atoms with van der Waals surface area (Å²) < 4.78 is 5.03. The van der Waals surface area contributed by atoms with E-state index in [-0.39, 0.29) is 12.8 Å². The molecular weight excluding hydrogens is 222 g/mol. The number of benzene rings is 1. The Morgan fingerprint density at radius 2 is 2.00 bits per heavy atom. The van der Waals surface area contributed by atoms with Gasteiger partial charge in [-0.1, -0.05) is 6.07 Å². The second-order valence-corrected chi connectivity index (χ2v) is 3.76. The summed E-state index contributed by atoms with van der Waals surface area (Å²) in [5.74, 6) is -1.13. The van der Waals surface area contributed by atoms with Crippen molar-refractivity contribution in [1.29, 1.82) is 0 Å². The minimum atomic E-state index is -1.01. The van der Waals surface area contributed by atoms with Gasteiger partial charge in [0.2, 0.25) is 0 Å². The van der Waals surface area contributed by atoms with Crippen LogP contribution in [0.15, 0.2) is 24.3 Å². The van der Waals surface area contributed by atoms with E-state index in [0.29, 0.717) is 5.75 Å². The number of anilines is 1. The van der Waals surface area contributed by atoms with E-state index in [1.54, 1.807) is 18.2 Å². The molecule has 5 nitrogen and oxygen atoms in total. The van der Waals surface area contributed by atoms with Crippen molar-refractivity contribution in [3.05, 3.63) is 24.3 Å². The number of rotatable bonds is 5. The van der Waals surface area contributed by atoms with E-state index in [2.05, 4.69) is 0 Å². The van der Waals surface area contributed by atoms with Crippen molar-refractivity contribution in [1.82, 2.24) is 0 Å². The van der Waals surface area contributed by atoms with Crippen LogP contribution < -0.4 is 9.64 Å². The molecular formula is C12H15NO4. The minimum Gasteiger partial charge on any atom is -0.481 e. The Labute approximate surface area is 99.6 Å². The highest BCUT2D eigenvalue weighted by Gasteiger charge is 2.08. The third-order valence-corrected chi connectivity index (χ3v) is 2.11. The molecule has 0 aliphatic carbocycles. The predicted molar refractivity (Wildman–Crippen MR) is 63.3 cm³/mol. The molecule has 0 aromatic heterocycles. The largest absolute Gasteiger partial charge is 0.481 e. The lowest BCUT2D eigenvalue weighted by Gasteiger charge is -2.13. The molecule has 0 amide bonds. The second kappa shape index (κ2) is 5.89. The smallest absolute Gasteiger partial charge is 0.311 e. The number of nitrogens with zero attached hydrogens (tertiary/aromatic N) is 1. The molecule has 1 N–H and O–H groups in total. The summed E-state index contributed by atoms with van der Waals surface area (Å²) in [7, 11) is 3.76.